The van der Waals surface area contributed by atoms with E-state index >= 15 is 0 Å². The van der Waals surface area contributed by atoms with Gasteiger partial charge in [0, 0.05) is 32.2 Å². The second-order valence-corrected chi connectivity index (χ2v) is 10.4. The van der Waals surface area contributed by atoms with Crippen molar-refractivity contribution in [1.82, 2.24) is 10.3 Å². The standard InChI is InChI=1S/C27H22BrClN2O3S/c1-16-25(20-13-18(28)11-12-22(20)31-26(16)17-7-3-2-4-8-17)27(34)30-14-23(35-15-24(32)33)19-9-5-6-10-21(19)29/h2-13,23H,14-15H2,1H3,(H,30,34)(H,32,33)/t23-/m1/s1. The van der Waals surface area contributed by atoms with E-state index in [4.69, 9.17) is 16.6 Å². The van der Waals surface area contributed by atoms with Crippen molar-refractivity contribution in [2.24, 2.45) is 0 Å². The molecule has 5 nitrogen and oxygen atoms in total. The van der Waals surface area contributed by atoms with Crippen LogP contribution in [0, 0.1) is 6.92 Å². The zero-order valence-electron chi connectivity index (χ0n) is 18.8. The molecule has 1 amide bonds. The molecule has 35 heavy (non-hydrogen) atoms. The number of amides is 1. The van der Waals surface area contributed by atoms with Gasteiger partial charge in [-0.15, -0.1) is 11.8 Å². The predicted molar refractivity (Wildman–Crippen MR) is 146 cm³/mol. The minimum atomic E-state index is -0.924. The number of carboxylic acid groups (broad SMARTS) is 1. The lowest BCUT2D eigenvalue weighted by Gasteiger charge is -2.20. The molecule has 0 saturated carbocycles. The highest BCUT2D eigenvalue weighted by atomic mass is 79.9. The Kier molecular flexibility index (Phi) is 8.11. The summed E-state index contributed by atoms with van der Waals surface area (Å²) in [4.78, 5) is 29.7. The molecule has 4 rings (SSSR count). The highest BCUT2D eigenvalue weighted by Gasteiger charge is 2.22. The van der Waals surface area contributed by atoms with Crippen molar-refractivity contribution in [3.8, 4) is 11.3 Å². The quantitative estimate of drug-likeness (QED) is 0.241. The van der Waals surface area contributed by atoms with Gasteiger partial charge in [0.15, 0.2) is 0 Å². The lowest BCUT2D eigenvalue weighted by atomic mass is 9.97. The van der Waals surface area contributed by atoms with Gasteiger partial charge in [-0.3, -0.25) is 9.59 Å². The van der Waals surface area contributed by atoms with Crippen molar-refractivity contribution in [3.63, 3.8) is 0 Å². The van der Waals surface area contributed by atoms with Crippen LogP contribution in [0.4, 0.5) is 0 Å². The molecule has 1 heterocycles. The fourth-order valence-corrected chi connectivity index (χ4v) is 5.56. The third-order valence-electron chi connectivity index (χ3n) is 5.57. The maximum atomic E-state index is 13.6. The van der Waals surface area contributed by atoms with Crippen molar-refractivity contribution in [1.29, 1.82) is 0 Å². The molecular weight excluding hydrogens is 548 g/mol. The molecule has 0 aliphatic carbocycles. The molecule has 0 radical (unpaired) electrons. The Hall–Kier alpha value is -2.87. The van der Waals surface area contributed by atoms with Crippen LogP contribution in [0.5, 0.6) is 0 Å². The molecule has 8 heteroatoms. The number of aliphatic carboxylic acids is 1. The van der Waals surface area contributed by atoms with E-state index in [9.17, 15) is 14.7 Å². The summed E-state index contributed by atoms with van der Waals surface area (Å²) in [5.74, 6) is -1.28. The van der Waals surface area contributed by atoms with Crippen molar-refractivity contribution in [2.75, 3.05) is 12.3 Å². The van der Waals surface area contributed by atoms with E-state index in [1.807, 2.05) is 73.7 Å². The smallest absolute Gasteiger partial charge is 0.313 e. The lowest BCUT2D eigenvalue weighted by molar-refractivity contribution is -0.133. The number of nitrogens with one attached hydrogen (secondary N) is 1. The Labute approximate surface area is 221 Å². The van der Waals surface area contributed by atoms with Gasteiger partial charge in [-0.1, -0.05) is 76.1 Å². The number of hydrogen-bond donors (Lipinski definition) is 2. The molecule has 0 spiro atoms. The molecule has 2 N–H and O–H groups in total. The van der Waals surface area contributed by atoms with Gasteiger partial charge in [-0.25, -0.2) is 4.98 Å². The molecule has 0 aliphatic heterocycles. The summed E-state index contributed by atoms with van der Waals surface area (Å²) < 4.78 is 0.846. The molecule has 0 aliphatic rings. The number of halogens is 2. The van der Waals surface area contributed by atoms with Crippen LogP contribution in [-0.2, 0) is 4.79 Å². The monoisotopic (exact) mass is 568 g/mol. The number of aromatic nitrogens is 1. The maximum absolute atomic E-state index is 13.6. The number of fused-ring (bicyclic) bond motifs is 1. The fourth-order valence-electron chi connectivity index (χ4n) is 3.94. The molecule has 0 unspecified atom stereocenters. The molecular formula is C27H22BrClN2O3S. The first-order valence-electron chi connectivity index (χ1n) is 10.9. The zero-order chi connectivity index (χ0) is 24.9. The third kappa shape index (κ3) is 5.86. The van der Waals surface area contributed by atoms with E-state index in [1.54, 1.807) is 6.07 Å². The van der Waals surface area contributed by atoms with Crippen LogP contribution in [0.15, 0.2) is 77.3 Å². The number of benzene rings is 3. The molecule has 178 valence electrons. The number of carbonyl (C=O) groups is 2. The molecule has 4 aromatic rings. The summed E-state index contributed by atoms with van der Waals surface area (Å²) in [6, 6.07) is 22.7. The number of thioether (sulfide) groups is 1. The second-order valence-electron chi connectivity index (χ2n) is 7.91. The minimum absolute atomic E-state index is 0.103. The van der Waals surface area contributed by atoms with Gasteiger partial charge < -0.3 is 10.4 Å². The molecule has 3 aromatic carbocycles. The maximum Gasteiger partial charge on any atom is 0.313 e. The Bertz CT molecular complexity index is 1400. The summed E-state index contributed by atoms with van der Waals surface area (Å²) in [7, 11) is 0. The minimum Gasteiger partial charge on any atom is -0.481 e. The molecule has 0 saturated heterocycles. The van der Waals surface area contributed by atoms with Crippen molar-refractivity contribution in [3.05, 3.63) is 99.0 Å². The number of hydrogen-bond acceptors (Lipinski definition) is 4. The Morgan fingerprint density at radius 3 is 2.51 bits per heavy atom. The van der Waals surface area contributed by atoms with E-state index in [0.29, 0.717) is 16.1 Å². The van der Waals surface area contributed by atoms with Gasteiger partial charge in [0.25, 0.3) is 5.91 Å². The van der Waals surface area contributed by atoms with Gasteiger partial charge in [-0.2, -0.15) is 0 Å². The van der Waals surface area contributed by atoms with Gasteiger partial charge >= 0.3 is 5.97 Å². The van der Waals surface area contributed by atoms with Crippen molar-refractivity contribution < 1.29 is 14.7 Å². The molecule has 0 bridgehead atoms. The van der Waals surface area contributed by atoms with Crippen LogP contribution in [0.25, 0.3) is 22.2 Å². The number of rotatable bonds is 8. The molecule has 0 fully saturated rings. The van der Waals surface area contributed by atoms with Crippen LogP contribution < -0.4 is 5.32 Å². The summed E-state index contributed by atoms with van der Waals surface area (Å²) >= 11 is 11.1. The topological polar surface area (TPSA) is 79.3 Å². The van der Waals surface area contributed by atoms with Gasteiger partial charge in [0.05, 0.1) is 22.5 Å². The number of carbonyl (C=O) groups excluding carboxylic acids is 1. The SMILES string of the molecule is Cc1c(-c2ccccc2)nc2ccc(Br)cc2c1C(=O)NC[C@@H](SCC(=O)O)c1ccccc1Cl. The van der Waals surface area contributed by atoms with E-state index in [1.165, 1.54) is 11.8 Å². The lowest BCUT2D eigenvalue weighted by Crippen LogP contribution is -2.29. The number of carboxylic acids is 1. The summed E-state index contributed by atoms with van der Waals surface area (Å²) in [6.07, 6.45) is 0. The van der Waals surface area contributed by atoms with Crippen LogP contribution in [0.1, 0.15) is 26.7 Å². The van der Waals surface area contributed by atoms with Crippen LogP contribution in [0.3, 0.4) is 0 Å². The average molecular weight is 570 g/mol. The summed E-state index contributed by atoms with van der Waals surface area (Å²) in [5, 5.41) is 13.2. The fraction of sp³-hybridized carbons (Fsp3) is 0.148. The summed E-state index contributed by atoms with van der Waals surface area (Å²) in [5.41, 5.74) is 4.47. The Balaban J connectivity index is 1.71. The van der Waals surface area contributed by atoms with Gasteiger partial charge in [0.2, 0.25) is 0 Å². The number of pyridine rings is 1. The molecule has 1 aromatic heterocycles. The normalized spacial score (nSPS) is 11.9. The van der Waals surface area contributed by atoms with Gasteiger partial charge in [-0.05, 0) is 42.3 Å². The van der Waals surface area contributed by atoms with Crippen molar-refractivity contribution in [2.45, 2.75) is 12.2 Å². The zero-order valence-corrected chi connectivity index (χ0v) is 22.0. The van der Waals surface area contributed by atoms with E-state index in [0.717, 1.165) is 32.2 Å². The second kappa shape index (κ2) is 11.2. The van der Waals surface area contributed by atoms with Crippen LogP contribution in [-0.4, -0.2) is 34.3 Å². The van der Waals surface area contributed by atoms with Crippen LogP contribution >= 0.6 is 39.3 Å². The first-order chi connectivity index (χ1) is 16.8. The first kappa shape index (κ1) is 25.2. The highest BCUT2D eigenvalue weighted by molar-refractivity contribution is 9.10. The number of nitrogens with zero attached hydrogens (tertiary/aromatic N) is 1. The van der Waals surface area contributed by atoms with Crippen LogP contribution in [0.2, 0.25) is 5.02 Å². The van der Waals surface area contributed by atoms with E-state index in [-0.39, 0.29) is 23.5 Å². The summed E-state index contributed by atoms with van der Waals surface area (Å²) in [6.45, 7) is 2.12. The van der Waals surface area contributed by atoms with Crippen molar-refractivity contribution >= 4 is 62.1 Å². The Morgan fingerprint density at radius 2 is 1.80 bits per heavy atom. The van der Waals surface area contributed by atoms with E-state index in [2.05, 4.69) is 21.2 Å². The predicted octanol–water partition coefficient (Wildman–Crippen LogP) is 6.92. The average Bonchev–Trinajstić information content (AvgIpc) is 2.84. The third-order valence-corrected chi connectivity index (χ3v) is 7.65. The highest BCUT2D eigenvalue weighted by Crippen LogP contribution is 2.34. The van der Waals surface area contributed by atoms with E-state index < -0.39 is 5.97 Å². The first-order valence-corrected chi connectivity index (χ1v) is 13.1. The Morgan fingerprint density at radius 1 is 1.09 bits per heavy atom. The van der Waals surface area contributed by atoms with Gasteiger partial charge in [0.1, 0.15) is 0 Å². The largest absolute Gasteiger partial charge is 0.481 e. The molecule has 1 atom stereocenters.